The van der Waals surface area contributed by atoms with Gasteiger partial charge in [-0.2, -0.15) is 0 Å². The van der Waals surface area contributed by atoms with E-state index in [4.69, 9.17) is 5.73 Å². The van der Waals surface area contributed by atoms with E-state index in [-0.39, 0.29) is 0 Å². The summed E-state index contributed by atoms with van der Waals surface area (Å²) in [5.74, 6) is -0.432. The molecule has 78 valence electrons. The molecule has 0 radical (unpaired) electrons. The van der Waals surface area contributed by atoms with Crippen LogP contribution < -0.4 is 5.73 Å². The highest BCUT2D eigenvalue weighted by molar-refractivity contribution is 5.84. The van der Waals surface area contributed by atoms with Crippen molar-refractivity contribution in [3.63, 3.8) is 0 Å². The van der Waals surface area contributed by atoms with Gasteiger partial charge in [0.2, 0.25) is 5.91 Å². The zero-order chi connectivity index (χ0) is 11.1. The van der Waals surface area contributed by atoms with Crippen LogP contribution in [0.5, 0.6) is 0 Å². The smallest absolute Gasteiger partial charge is 0.244 e. The number of amides is 1. The van der Waals surface area contributed by atoms with Crippen LogP contribution in [0.3, 0.4) is 0 Å². The summed E-state index contributed by atoms with van der Waals surface area (Å²) >= 11 is 0. The number of hydrogen-bond acceptors (Lipinski definition) is 3. The summed E-state index contributed by atoms with van der Waals surface area (Å²) in [5, 5.41) is 7.93. The van der Waals surface area contributed by atoms with Gasteiger partial charge in [0.1, 0.15) is 11.1 Å². The second kappa shape index (κ2) is 3.05. The number of nitrogens with two attached hydrogens (primary N) is 1. The Kier molecular flexibility index (Phi) is 1.96. The third kappa shape index (κ3) is 1.36. The van der Waals surface area contributed by atoms with E-state index in [0.29, 0.717) is 0 Å². The van der Waals surface area contributed by atoms with Gasteiger partial charge in [-0.3, -0.25) is 4.79 Å². The number of primary amides is 1. The molecular formula is C10H12N4O. The molecule has 2 N–H and O–H groups in total. The molecule has 0 aliphatic rings. The second-order valence-corrected chi connectivity index (χ2v) is 3.91. The molecule has 1 amide bonds. The molecule has 1 heterocycles. The lowest BCUT2D eigenvalue weighted by Crippen LogP contribution is -2.41. The first-order valence-electron chi connectivity index (χ1n) is 4.64. The van der Waals surface area contributed by atoms with Crippen LogP contribution in [-0.4, -0.2) is 20.9 Å². The summed E-state index contributed by atoms with van der Waals surface area (Å²) < 4.78 is 1.55. The summed E-state index contributed by atoms with van der Waals surface area (Å²) in [4.78, 5) is 11.3. The number of para-hydroxylation sites is 1. The predicted octanol–water partition coefficient (Wildman–Crippen LogP) is 0.652. The normalized spacial score (nSPS) is 11.9. The van der Waals surface area contributed by atoms with Gasteiger partial charge in [-0.15, -0.1) is 5.10 Å². The lowest BCUT2D eigenvalue weighted by Gasteiger charge is -2.20. The molecule has 0 bridgehead atoms. The van der Waals surface area contributed by atoms with Gasteiger partial charge in [-0.05, 0) is 26.0 Å². The van der Waals surface area contributed by atoms with Crippen LogP contribution in [0, 0.1) is 0 Å². The average molecular weight is 204 g/mol. The lowest BCUT2D eigenvalue weighted by atomic mass is 10.1. The van der Waals surface area contributed by atoms with Crippen molar-refractivity contribution in [2.45, 2.75) is 19.4 Å². The van der Waals surface area contributed by atoms with Crippen LogP contribution in [0.25, 0.3) is 11.0 Å². The molecule has 0 saturated carbocycles. The highest BCUT2D eigenvalue weighted by atomic mass is 16.1. The SMILES string of the molecule is CC(C)(C(N)=O)n1nnc2ccccc21. The van der Waals surface area contributed by atoms with Crippen molar-refractivity contribution in [3.8, 4) is 0 Å². The Labute approximate surface area is 86.9 Å². The summed E-state index contributed by atoms with van der Waals surface area (Å²) in [6.45, 7) is 3.44. The highest BCUT2D eigenvalue weighted by Crippen LogP contribution is 2.19. The van der Waals surface area contributed by atoms with Gasteiger partial charge in [0.15, 0.2) is 0 Å². The summed E-state index contributed by atoms with van der Waals surface area (Å²) in [6, 6.07) is 7.45. The van der Waals surface area contributed by atoms with E-state index >= 15 is 0 Å². The second-order valence-electron chi connectivity index (χ2n) is 3.91. The van der Waals surface area contributed by atoms with Crippen LogP contribution in [0.4, 0.5) is 0 Å². The number of aromatic nitrogens is 3. The lowest BCUT2D eigenvalue weighted by molar-refractivity contribution is -0.125. The third-order valence-corrected chi connectivity index (χ3v) is 2.48. The first kappa shape index (κ1) is 9.64. The van der Waals surface area contributed by atoms with Gasteiger partial charge in [0.05, 0.1) is 5.52 Å². The first-order chi connectivity index (χ1) is 7.03. The van der Waals surface area contributed by atoms with Crippen molar-refractivity contribution in [2.24, 2.45) is 5.73 Å². The molecule has 0 aliphatic heterocycles. The number of fused-ring (bicyclic) bond motifs is 1. The molecule has 0 fully saturated rings. The Hall–Kier alpha value is -1.91. The number of benzene rings is 1. The Bertz CT molecular complexity index is 515. The highest BCUT2D eigenvalue weighted by Gasteiger charge is 2.29. The zero-order valence-electron chi connectivity index (χ0n) is 8.64. The fourth-order valence-corrected chi connectivity index (χ4v) is 1.39. The van der Waals surface area contributed by atoms with Gasteiger partial charge in [-0.25, -0.2) is 4.68 Å². The molecule has 0 saturated heterocycles. The molecule has 0 spiro atoms. The van der Waals surface area contributed by atoms with Gasteiger partial charge in [0.25, 0.3) is 0 Å². The summed E-state index contributed by atoms with van der Waals surface area (Å²) in [6.07, 6.45) is 0. The van der Waals surface area contributed by atoms with E-state index in [2.05, 4.69) is 10.3 Å². The topological polar surface area (TPSA) is 73.8 Å². The number of hydrogen-bond donors (Lipinski definition) is 1. The first-order valence-corrected chi connectivity index (χ1v) is 4.64. The van der Waals surface area contributed by atoms with E-state index in [0.717, 1.165) is 11.0 Å². The number of carbonyl (C=O) groups is 1. The van der Waals surface area contributed by atoms with Crippen molar-refractivity contribution in [1.29, 1.82) is 0 Å². The van der Waals surface area contributed by atoms with E-state index in [1.165, 1.54) is 0 Å². The molecule has 1 aromatic heterocycles. The van der Waals surface area contributed by atoms with E-state index in [1.807, 2.05) is 24.3 Å². The molecule has 1 aromatic carbocycles. The maximum Gasteiger partial charge on any atom is 0.244 e. The Morgan fingerprint density at radius 1 is 1.40 bits per heavy atom. The van der Waals surface area contributed by atoms with Gasteiger partial charge in [0, 0.05) is 0 Å². The van der Waals surface area contributed by atoms with Crippen molar-refractivity contribution in [3.05, 3.63) is 24.3 Å². The summed E-state index contributed by atoms with van der Waals surface area (Å²) in [7, 11) is 0. The van der Waals surface area contributed by atoms with Gasteiger partial charge >= 0.3 is 0 Å². The largest absolute Gasteiger partial charge is 0.368 e. The maximum atomic E-state index is 11.3. The monoisotopic (exact) mass is 204 g/mol. The van der Waals surface area contributed by atoms with Gasteiger partial charge < -0.3 is 5.73 Å². The Morgan fingerprint density at radius 3 is 2.73 bits per heavy atom. The number of rotatable bonds is 2. The molecule has 0 unspecified atom stereocenters. The van der Waals surface area contributed by atoms with Crippen molar-refractivity contribution in [1.82, 2.24) is 15.0 Å². The Balaban J connectivity index is 2.67. The average Bonchev–Trinajstić information content (AvgIpc) is 2.61. The minimum Gasteiger partial charge on any atom is -0.368 e. The Morgan fingerprint density at radius 2 is 2.07 bits per heavy atom. The van der Waals surface area contributed by atoms with Crippen molar-refractivity contribution in [2.75, 3.05) is 0 Å². The van der Waals surface area contributed by atoms with Crippen LogP contribution in [0.15, 0.2) is 24.3 Å². The minimum absolute atomic E-state index is 0.432. The van der Waals surface area contributed by atoms with Crippen LogP contribution in [-0.2, 0) is 10.3 Å². The van der Waals surface area contributed by atoms with E-state index in [1.54, 1.807) is 18.5 Å². The molecule has 2 rings (SSSR count). The quantitative estimate of drug-likeness (QED) is 0.780. The molecule has 15 heavy (non-hydrogen) atoms. The molecule has 2 aromatic rings. The molecule has 5 heteroatoms. The van der Waals surface area contributed by atoms with E-state index < -0.39 is 11.4 Å². The van der Waals surface area contributed by atoms with Crippen LogP contribution >= 0.6 is 0 Å². The molecule has 0 aliphatic carbocycles. The minimum atomic E-state index is -0.865. The van der Waals surface area contributed by atoms with Gasteiger partial charge in [-0.1, -0.05) is 17.3 Å². The van der Waals surface area contributed by atoms with Crippen LogP contribution in [0.2, 0.25) is 0 Å². The standard InChI is InChI=1S/C10H12N4O/c1-10(2,9(11)15)14-8-6-4-3-5-7(8)12-13-14/h3-6H,1-2H3,(H2,11,15). The van der Waals surface area contributed by atoms with Crippen molar-refractivity contribution < 1.29 is 4.79 Å². The maximum absolute atomic E-state index is 11.3. The zero-order valence-corrected chi connectivity index (χ0v) is 8.64. The molecular weight excluding hydrogens is 192 g/mol. The fourth-order valence-electron chi connectivity index (χ4n) is 1.39. The number of nitrogens with zero attached hydrogens (tertiary/aromatic N) is 3. The third-order valence-electron chi connectivity index (χ3n) is 2.48. The van der Waals surface area contributed by atoms with E-state index in [9.17, 15) is 4.79 Å². The predicted molar refractivity (Wildman–Crippen MR) is 56.0 cm³/mol. The van der Waals surface area contributed by atoms with Crippen molar-refractivity contribution >= 4 is 16.9 Å². The number of carbonyl (C=O) groups excluding carboxylic acids is 1. The molecule has 5 nitrogen and oxygen atoms in total. The fraction of sp³-hybridized carbons (Fsp3) is 0.300. The molecule has 0 atom stereocenters. The van der Waals surface area contributed by atoms with Crippen LogP contribution in [0.1, 0.15) is 13.8 Å². The summed E-state index contributed by atoms with van der Waals surface area (Å²) in [5.41, 5.74) is 6.02.